The number of carbonyl (C=O) groups is 1. The van der Waals surface area contributed by atoms with Gasteiger partial charge in [-0.2, -0.15) is 0 Å². The zero-order chi connectivity index (χ0) is 23.7. The van der Waals surface area contributed by atoms with Gasteiger partial charge in [0, 0.05) is 24.5 Å². The molecular weight excluding hydrogens is 442 g/mol. The van der Waals surface area contributed by atoms with Crippen molar-refractivity contribution in [2.24, 2.45) is 0 Å². The van der Waals surface area contributed by atoms with Crippen molar-refractivity contribution in [3.05, 3.63) is 102 Å². The molecule has 2 heterocycles. The summed E-state index contributed by atoms with van der Waals surface area (Å²) in [5, 5.41) is 9.64. The largest absolute Gasteiger partial charge is 0.487 e. The smallest absolute Gasteiger partial charge is 0.337 e. The van der Waals surface area contributed by atoms with Crippen LogP contribution in [-0.2, 0) is 0 Å². The van der Waals surface area contributed by atoms with Crippen molar-refractivity contribution in [1.82, 2.24) is 4.57 Å². The van der Waals surface area contributed by atoms with E-state index in [-0.39, 0.29) is 17.4 Å². The van der Waals surface area contributed by atoms with E-state index in [2.05, 4.69) is 0 Å². The number of hydrogen-bond donors (Lipinski definition) is 1. The predicted molar refractivity (Wildman–Crippen MR) is 122 cm³/mol. The number of benzene rings is 3. The number of carboxylic acid groups (broad SMARTS) is 1. The molecule has 0 spiro atoms. The Hall–Kier alpha value is -4.33. The molecule has 5 rings (SSSR count). The van der Waals surface area contributed by atoms with Gasteiger partial charge in [-0.1, -0.05) is 24.3 Å². The fourth-order valence-corrected chi connectivity index (χ4v) is 3.92. The Morgan fingerprint density at radius 2 is 1.56 bits per heavy atom. The third-order valence-electron chi connectivity index (χ3n) is 5.53. The fourth-order valence-electron chi connectivity index (χ4n) is 3.92. The van der Waals surface area contributed by atoms with Gasteiger partial charge in [0.25, 0.3) is 0 Å². The Kier molecular flexibility index (Phi) is 5.63. The molecule has 0 amide bonds. The molecule has 3 aromatic carbocycles. The maximum atomic E-state index is 14.5. The first kappa shape index (κ1) is 21.5. The van der Waals surface area contributed by atoms with E-state index in [4.69, 9.17) is 9.47 Å². The van der Waals surface area contributed by atoms with Crippen LogP contribution in [0.4, 0.5) is 14.5 Å². The molecule has 0 unspecified atom stereocenters. The second kappa shape index (κ2) is 8.90. The minimum Gasteiger partial charge on any atom is -0.487 e. The van der Waals surface area contributed by atoms with E-state index in [1.54, 1.807) is 59.4 Å². The minimum atomic E-state index is -1.03. The number of aromatic nitrogens is 1. The average Bonchev–Trinajstić information content (AvgIpc) is 3.33. The number of halogens is 2. The summed E-state index contributed by atoms with van der Waals surface area (Å²) >= 11 is 0. The second-order valence-electron chi connectivity index (χ2n) is 7.84. The van der Waals surface area contributed by atoms with Crippen LogP contribution in [0.15, 0.2) is 85.2 Å². The lowest BCUT2D eigenvalue weighted by atomic mass is 10.1. The Bertz CT molecular complexity index is 1300. The van der Waals surface area contributed by atoms with Crippen LogP contribution in [0.2, 0.25) is 0 Å². The number of anilines is 1. The maximum Gasteiger partial charge on any atom is 0.337 e. The average molecular weight is 462 g/mol. The molecule has 1 saturated heterocycles. The van der Waals surface area contributed by atoms with Crippen molar-refractivity contribution < 1.29 is 28.2 Å². The van der Waals surface area contributed by atoms with Crippen LogP contribution < -0.4 is 14.4 Å². The van der Waals surface area contributed by atoms with Crippen LogP contribution in [0, 0.1) is 11.6 Å². The highest BCUT2D eigenvalue weighted by Gasteiger charge is 2.32. The van der Waals surface area contributed by atoms with Crippen molar-refractivity contribution in [1.29, 1.82) is 0 Å². The molecule has 172 valence electrons. The molecule has 1 aliphatic rings. The van der Waals surface area contributed by atoms with Crippen LogP contribution >= 0.6 is 0 Å². The van der Waals surface area contributed by atoms with Crippen LogP contribution in [0.3, 0.4) is 0 Å². The van der Waals surface area contributed by atoms with Gasteiger partial charge in [-0.25, -0.2) is 13.6 Å². The first-order valence-corrected chi connectivity index (χ1v) is 10.6. The fraction of sp³-hybridized carbons (Fsp3) is 0.115. The highest BCUT2D eigenvalue weighted by molar-refractivity contribution is 5.95. The lowest BCUT2D eigenvalue weighted by Crippen LogP contribution is -2.54. The quantitative estimate of drug-likeness (QED) is 0.392. The summed E-state index contributed by atoms with van der Waals surface area (Å²) in [7, 11) is 0. The Balaban J connectivity index is 1.30. The van der Waals surface area contributed by atoms with Gasteiger partial charge in [0.15, 0.2) is 17.4 Å². The third-order valence-corrected chi connectivity index (χ3v) is 5.53. The predicted octanol–water partition coefficient (Wildman–Crippen LogP) is 5.51. The van der Waals surface area contributed by atoms with Gasteiger partial charge in [0.05, 0.1) is 30.0 Å². The summed E-state index contributed by atoms with van der Waals surface area (Å²) in [5.41, 5.74) is 1.47. The van der Waals surface area contributed by atoms with E-state index in [1.807, 2.05) is 23.1 Å². The zero-order valence-corrected chi connectivity index (χ0v) is 17.9. The lowest BCUT2D eigenvalue weighted by molar-refractivity contribution is 0.0697. The summed E-state index contributed by atoms with van der Waals surface area (Å²) < 4.78 is 41.9. The Morgan fingerprint density at radius 3 is 2.21 bits per heavy atom. The van der Waals surface area contributed by atoms with Gasteiger partial charge in [-0.15, -0.1) is 0 Å². The number of aromatic carboxylic acids is 1. The number of carboxylic acids is 1. The molecule has 0 atom stereocenters. The van der Waals surface area contributed by atoms with Crippen LogP contribution in [-0.4, -0.2) is 34.8 Å². The van der Waals surface area contributed by atoms with Gasteiger partial charge in [-0.3, -0.25) is 0 Å². The standard InChI is InChI=1S/C26H20F2N2O4/c27-21-13-18(14-22(28)25(21)34-17-7-2-1-3-8-17)33-19-15-30(16-19)23-10-6-9-20(26(31)32)24(23)29-11-4-5-12-29/h1-14,19H,15-16H2,(H,31,32). The summed E-state index contributed by atoms with van der Waals surface area (Å²) in [4.78, 5) is 13.7. The highest BCUT2D eigenvalue weighted by Crippen LogP contribution is 2.35. The van der Waals surface area contributed by atoms with E-state index in [0.717, 1.165) is 17.8 Å². The van der Waals surface area contributed by atoms with Gasteiger partial charge in [0.2, 0.25) is 0 Å². The molecule has 0 saturated carbocycles. The molecule has 0 bridgehead atoms. The van der Waals surface area contributed by atoms with Crippen molar-refractivity contribution in [3.8, 4) is 22.9 Å². The van der Waals surface area contributed by atoms with Gasteiger partial charge >= 0.3 is 5.97 Å². The van der Waals surface area contributed by atoms with Crippen LogP contribution in [0.25, 0.3) is 5.69 Å². The molecule has 1 N–H and O–H groups in total. The zero-order valence-electron chi connectivity index (χ0n) is 17.9. The van der Waals surface area contributed by atoms with Gasteiger partial charge in [-0.05, 0) is 36.4 Å². The lowest BCUT2D eigenvalue weighted by Gasteiger charge is -2.41. The molecule has 1 aliphatic heterocycles. The summed E-state index contributed by atoms with van der Waals surface area (Å²) in [6.45, 7) is 0.867. The SMILES string of the molecule is O=C(O)c1cccc(N2CC(Oc3cc(F)c(Oc4ccccc4)c(F)c3)C2)c1-n1cccc1. The summed E-state index contributed by atoms with van der Waals surface area (Å²) in [6.07, 6.45) is 3.25. The second-order valence-corrected chi connectivity index (χ2v) is 7.84. The Morgan fingerprint density at radius 1 is 0.882 bits per heavy atom. The van der Waals surface area contributed by atoms with E-state index < -0.39 is 23.4 Å². The molecule has 0 radical (unpaired) electrons. The van der Waals surface area contributed by atoms with Gasteiger partial charge in [0.1, 0.15) is 17.6 Å². The monoisotopic (exact) mass is 462 g/mol. The molecule has 6 nitrogen and oxygen atoms in total. The number of para-hydroxylation sites is 2. The number of rotatable bonds is 7. The minimum absolute atomic E-state index is 0.0602. The van der Waals surface area contributed by atoms with Crippen LogP contribution in [0.5, 0.6) is 17.2 Å². The molecular formula is C26H20F2N2O4. The summed E-state index contributed by atoms with van der Waals surface area (Å²) in [6, 6.07) is 19.3. The number of hydrogen-bond acceptors (Lipinski definition) is 4. The first-order valence-electron chi connectivity index (χ1n) is 10.6. The van der Waals surface area contributed by atoms with Crippen LogP contribution in [0.1, 0.15) is 10.4 Å². The maximum absolute atomic E-state index is 14.5. The van der Waals surface area contributed by atoms with Crippen molar-refractivity contribution in [2.75, 3.05) is 18.0 Å². The van der Waals surface area contributed by atoms with E-state index >= 15 is 0 Å². The number of ether oxygens (including phenoxy) is 2. The highest BCUT2D eigenvalue weighted by atomic mass is 19.1. The van der Waals surface area contributed by atoms with Crippen molar-refractivity contribution in [3.63, 3.8) is 0 Å². The summed E-state index contributed by atoms with van der Waals surface area (Å²) in [5.74, 6) is -2.85. The number of nitrogens with zero attached hydrogens (tertiary/aromatic N) is 2. The molecule has 4 aromatic rings. The third kappa shape index (κ3) is 4.17. The van der Waals surface area contributed by atoms with Gasteiger partial charge < -0.3 is 24.0 Å². The normalized spacial score (nSPS) is 13.4. The first-order chi connectivity index (χ1) is 16.5. The topological polar surface area (TPSA) is 63.9 Å². The molecule has 0 aliphatic carbocycles. The Labute approximate surface area is 194 Å². The molecule has 34 heavy (non-hydrogen) atoms. The van der Waals surface area contributed by atoms with E-state index in [9.17, 15) is 18.7 Å². The van der Waals surface area contributed by atoms with Crippen molar-refractivity contribution in [2.45, 2.75) is 6.10 Å². The van der Waals surface area contributed by atoms with E-state index in [1.165, 1.54) is 0 Å². The molecule has 1 aromatic heterocycles. The molecule has 8 heteroatoms. The van der Waals surface area contributed by atoms with Crippen molar-refractivity contribution >= 4 is 11.7 Å². The van der Waals surface area contributed by atoms with E-state index in [0.29, 0.717) is 24.5 Å². The molecule has 1 fully saturated rings.